The molecule has 2 heteroatoms. The van der Waals surface area contributed by atoms with Crippen LogP contribution in [0.1, 0.15) is 36.8 Å². The molecule has 38 heavy (non-hydrogen) atoms. The second kappa shape index (κ2) is 11.8. The molecule has 0 aliphatic heterocycles. The number of hydrogen-bond donors (Lipinski definition) is 2. The van der Waals surface area contributed by atoms with Gasteiger partial charge in [0, 0.05) is 13.1 Å². The second-order valence-corrected chi connectivity index (χ2v) is 10.4. The molecule has 0 amide bonds. The summed E-state index contributed by atoms with van der Waals surface area (Å²) in [5.41, 5.74) is 2.84. The Morgan fingerprint density at radius 2 is 0.684 bits per heavy atom. The molecule has 0 radical (unpaired) electrons. The number of nitrogens with one attached hydrogen (secondary N) is 2. The van der Waals surface area contributed by atoms with Crippen LogP contribution in [-0.2, 0) is 13.1 Å². The Hall–Kier alpha value is -3.72. The molecule has 6 aromatic rings. The highest BCUT2D eigenvalue weighted by Crippen LogP contribution is 2.29. The van der Waals surface area contributed by atoms with Crippen molar-refractivity contribution in [3.63, 3.8) is 0 Å². The van der Waals surface area contributed by atoms with Crippen LogP contribution in [0.4, 0.5) is 0 Å². The molecule has 2 nitrogen and oxygen atoms in total. The molecule has 0 unspecified atom stereocenters. The lowest BCUT2D eigenvalue weighted by Crippen LogP contribution is -2.16. The molecule has 0 bridgehead atoms. The number of rotatable bonds is 11. The van der Waals surface area contributed by atoms with Gasteiger partial charge in [0.25, 0.3) is 0 Å². The maximum absolute atomic E-state index is 3.73. The van der Waals surface area contributed by atoms with E-state index in [1.165, 1.54) is 79.9 Å². The lowest BCUT2D eigenvalue weighted by molar-refractivity contribution is 0.565. The standard InChI is InChI=1S/C36H36N2/c1(11-21-37-25-35-31-17-7-3-13-27(31)23-28-14-4-8-18-32(28)35)2-12-22-38-26-36-33-19-9-5-15-29(33)24-30-16-6-10-20-34(30)36/h3-10,13-20,23-24,37-38H,1-2,11-12,21-22,25-26H2. The Morgan fingerprint density at radius 1 is 0.368 bits per heavy atom. The zero-order valence-corrected chi connectivity index (χ0v) is 22.0. The van der Waals surface area contributed by atoms with Crippen LogP contribution >= 0.6 is 0 Å². The fraction of sp³-hybridized carbons (Fsp3) is 0.222. The van der Waals surface area contributed by atoms with Crippen LogP contribution in [0.25, 0.3) is 43.1 Å². The average Bonchev–Trinajstić information content (AvgIpc) is 2.97. The van der Waals surface area contributed by atoms with Crippen molar-refractivity contribution in [2.24, 2.45) is 0 Å². The first-order valence-electron chi connectivity index (χ1n) is 14.1. The normalized spacial score (nSPS) is 11.7. The zero-order valence-electron chi connectivity index (χ0n) is 22.0. The predicted molar refractivity (Wildman–Crippen MR) is 165 cm³/mol. The second-order valence-electron chi connectivity index (χ2n) is 10.4. The van der Waals surface area contributed by atoms with Crippen LogP contribution in [0, 0.1) is 0 Å². The van der Waals surface area contributed by atoms with E-state index in [4.69, 9.17) is 0 Å². The van der Waals surface area contributed by atoms with E-state index >= 15 is 0 Å². The van der Waals surface area contributed by atoms with Gasteiger partial charge < -0.3 is 10.6 Å². The molecule has 6 aromatic carbocycles. The quantitative estimate of drug-likeness (QED) is 0.138. The van der Waals surface area contributed by atoms with Gasteiger partial charge >= 0.3 is 0 Å². The number of unbranched alkanes of at least 4 members (excludes halogenated alkanes) is 3. The molecule has 0 heterocycles. The Labute approximate surface area is 225 Å². The van der Waals surface area contributed by atoms with E-state index in [1.807, 2.05) is 0 Å². The molecule has 0 aliphatic carbocycles. The first-order chi connectivity index (χ1) is 18.9. The van der Waals surface area contributed by atoms with Gasteiger partial charge in [0.1, 0.15) is 0 Å². The summed E-state index contributed by atoms with van der Waals surface area (Å²) in [5, 5.41) is 18.2. The van der Waals surface area contributed by atoms with Crippen LogP contribution in [0.5, 0.6) is 0 Å². The molecule has 0 saturated carbocycles. The summed E-state index contributed by atoms with van der Waals surface area (Å²) >= 11 is 0. The van der Waals surface area contributed by atoms with E-state index in [9.17, 15) is 0 Å². The topological polar surface area (TPSA) is 24.1 Å². The molecule has 2 N–H and O–H groups in total. The smallest absolute Gasteiger partial charge is 0.0217 e. The molecule has 6 rings (SSSR count). The largest absolute Gasteiger partial charge is 0.313 e. The van der Waals surface area contributed by atoms with Crippen LogP contribution < -0.4 is 10.6 Å². The van der Waals surface area contributed by atoms with Crippen LogP contribution in [0.2, 0.25) is 0 Å². The molecular formula is C36H36N2. The van der Waals surface area contributed by atoms with Crippen molar-refractivity contribution in [1.29, 1.82) is 0 Å². The minimum Gasteiger partial charge on any atom is -0.313 e. The summed E-state index contributed by atoms with van der Waals surface area (Å²) < 4.78 is 0. The van der Waals surface area contributed by atoms with Crippen molar-refractivity contribution < 1.29 is 0 Å². The third kappa shape index (κ3) is 5.29. The van der Waals surface area contributed by atoms with E-state index in [0.717, 1.165) is 26.2 Å². The Bertz CT molecular complexity index is 1450. The number of benzene rings is 6. The van der Waals surface area contributed by atoms with Gasteiger partial charge in [0.2, 0.25) is 0 Å². The molecule has 0 saturated heterocycles. The van der Waals surface area contributed by atoms with Crippen LogP contribution in [-0.4, -0.2) is 13.1 Å². The van der Waals surface area contributed by atoms with Gasteiger partial charge in [-0.1, -0.05) is 110 Å². The van der Waals surface area contributed by atoms with Crippen molar-refractivity contribution >= 4 is 43.1 Å². The third-order valence-electron chi connectivity index (χ3n) is 7.83. The zero-order chi connectivity index (χ0) is 25.6. The Kier molecular flexibility index (Phi) is 7.62. The fourth-order valence-corrected chi connectivity index (χ4v) is 5.88. The Morgan fingerprint density at radius 3 is 1.03 bits per heavy atom. The minimum atomic E-state index is 0.919. The predicted octanol–water partition coefficient (Wildman–Crippen LogP) is 8.74. The number of hydrogen-bond acceptors (Lipinski definition) is 2. The number of fused-ring (bicyclic) bond motifs is 4. The first kappa shape index (κ1) is 24.6. The lowest BCUT2D eigenvalue weighted by atomic mass is 9.96. The maximum Gasteiger partial charge on any atom is 0.0217 e. The van der Waals surface area contributed by atoms with E-state index in [1.54, 1.807) is 0 Å². The minimum absolute atomic E-state index is 0.919. The van der Waals surface area contributed by atoms with Crippen molar-refractivity contribution in [2.75, 3.05) is 13.1 Å². The van der Waals surface area contributed by atoms with Crippen LogP contribution in [0.15, 0.2) is 109 Å². The van der Waals surface area contributed by atoms with E-state index in [2.05, 4.69) is 120 Å². The van der Waals surface area contributed by atoms with Gasteiger partial charge in [0.05, 0.1) is 0 Å². The molecule has 0 spiro atoms. The van der Waals surface area contributed by atoms with Gasteiger partial charge in [-0.3, -0.25) is 0 Å². The average molecular weight is 497 g/mol. The van der Waals surface area contributed by atoms with Crippen molar-refractivity contribution in [2.45, 2.75) is 38.8 Å². The van der Waals surface area contributed by atoms with Crippen molar-refractivity contribution in [3.05, 3.63) is 120 Å². The molecule has 190 valence electrons. The summed E-state index contributed by atoms with van der Waals surface area (Å²) in [6.45, 7) is 3.96. The summed E-state index contributed by atoms with van der Waals surface area (Å²) in [4.78, 5) is 0. The van der Waals surface area contributed by atoms with E-state index < -0.39 is 0 Å². The highest BCUT2D eigenvalue weighted by molar-refractivity contribution is 6.03. The summed E-state index contributed by atoms with van der Waals surface area (Å²) in [6, 6.07) is 39.7. The Balaban J connectivity index is 0.964. The van der Waals surface area contributed by atoms with Gasteiger partial charge in [-0.2, -0.15) is 0 Å². The van der Waals surface area contributed by atoms with Crippen molar-refractivity contribution in [1.82, 2.24) is 10.6 Å². The van der Waals surface area contributed by atoms with Gasteiger partial charge in [-0.05, 0) is 92.3 Å². The molecular weight excluding hydrogens is 460 g/mol. The molecule has 0 aromatic heterocycles. The molecule has 0 aliphatic rings. The maximum atomic E-state index is 3.73. The highest BCUT2D eigenvalue weighted by Gasteiger charge is 2.08. The summed E-state index contributed by atoms with van der Waals surface area (Å²) in [7, 11) is 0. The first-order valence-corrected chi connectivity index (χ1v) is 14.1. The van der Waals surface area contributed by atoms with Crippen LogP contribution in [0.3, 0.4) is 0 Å². The van der Waals surface area contributed by atoms with Gasteiger partial charge in [-0.15, -0.1) is 0 Å². The third-order valence-corrected chi connectivity index (χ3v) is 7.83. The van der Waals surface area contributed by atoms with E-state index in [0.29, 0.717) is 0 Å². The molecule has 0 fully saturated rings. The monoisotopic (exact) mass is 496 g/mol. The molecule has 0 atom stereocenters. The van der Waals surface area contributed by atoms with E-state index in [-0.39, 0.29) is 0 Å². The lowest BCUT2D eigenvalue weighted by Gasteiger charge is -2.13. The van der Waals surface area contributed by atoms with Gasteiger partial charge in [0.15, 0.2) is 0 Å². The fourth-order valence-electron chi connectivity index (χ4n) is 5.88. The van der Waals surface area contributed by atoms with Crippen molar-refractivity contribution in [3.8, 4) is 0 Å². The highest BCUT2D eigenvalue weighted by atomic mass is 14.9. The SMILES string of the molecule is c1ccc2c(CNCCCCCCNCc3c4ccccc4cc4ccccc34)c3ccccc3cc2c1. The summed E-state index contributed by atoms with van der Waals surface area (Å²) in [5.74, 6) is 0. The van der Waals surface area contributed by atoms with Gasteiger partial charge in [-0.25, -0.2) is 0 Å². The summed E-state index contributed by atoms with van der Waals surface area (Å²) in [6.07, 6.45) is 4.97.